The molecule has 0 saturated carbocycles. The second-order valence-electron chi connectivity index (χ2n) is 4.25. The van der Waals surface area contributed by atoms with E-state index in [1.165, 1.54) is 6.33 Å². The molecule has 0 fully saturated rings. The SMILES string of the molecule is CNC(=O)c1ccc2c(c1)C=NCc1cncnc1-2. The molecule has 1 N–H and O–H groups in total. The molecule has 0 saturated heterocycles. The van der Waals surface area contributed by atoms with Crippen LogP contribution in [0.15, 0.2) is 35.7 Å². The Morgan fingerprint density at radius 3 is 3.11 bits per heavy atom. The van der Waals surface area contributed by atoms with E-state index in [4.69, 9.17) is 0 Å². The van der Waals surface area contributed by atoms with Crippen molar-refractivity contribution >= 4 is 12.1 Å². The molecule has 0 unspecified atom stereocenters. The first-order valence-corrected chi connectivity index (χ1v) is 5.95. The number of carbonyl (C=O) groups is 1. The smallest absolute Gasteiger partial charge is 0.251 e. The van der Waals surface area contributed by atoms with Crippen LogP contribution in [-0.4, -0.2) is 29.1 Å². The summed E-state index contributed by atoms with van der Waals surface area (Å²) in [6.45, 7) is 0.556. The van der Waals surface area contributed by atoms with Crippen LogP contribution in [-0.2, 0) is 6.54 Å². The predicted octanol–water partition coefficient (Wildman–Crippen LogP) is 1.44. The molecule has 0 spiro atoms. The highest BCUT2D eigenvalue weighted by Gasteiger charge is 2.15. The number of rotatable bonds is 1. The lowest BCUT2D eigenvalue weighted by Crippen LogP contribution is -2.17. The Balaban J connectivity index is 2.18. The van der Waals surface area contributed by atoms with E-state index in [9.17, 15) is 4.79 Å². The Morgan fingerprint density at radius 1 is 1.37 bits per heavy atom. The number of carbonyl (C=O) groups excluding carboxylic acids is 1. The summed E-state index contributed by atoms with van der Waals surface area (Å²) in [5.74, 6) is -0.108. The minimum Gasteiger partial charge on any atom is -0.355 e. The fourth-order valence-corrected chi connectivity index (χ4v) is 2.13. The molecule has 2 aromatic rings. The van der Waals surface area contributed by atoms with Crippen molar-refractivity contribution in [2.24, 2.45) is 4.99 Å². The van der Waals surface area contributed by atoms with Crippen molar-refractivity contribution in [3.63, 3.8) is 0 Å². The Bertz CT molecular complexity index is 679. The number of nitrogens with zero attached hydrogens (tertiary/aromatic N) is 3. The van der Waals surface area contributed by atoms with Crippen LogP contribution in [0.1, 0.15) is 21.5 Å². The number of fused-ring (bicyclic) bond motifs is 3. The van der Waals surface area contributed by atoms with Crippen molar-refractivity contribution in [3.8, 4) is 11.3 Å². The molecular formula is C14H12N4O. The molecule has 94 valence electrons. The third-order valence-electron chi connectivity index (χ3n) is 3.08. The number of nitrogens with one attached hydrogen (secondary N) is 1. The number of aliphatic imine (C=N–C) groups is 1. The van der Waals surface area contributed by atoms with Crippen LogP contribution < -0.4 is 5.32 Å². The van der Waals surface area contributed by atoms with Gasteiger partial charge in [0.15, 0.2) is 0 Å². The summed E-state index contributed by atoms with van der Waals surface area (Å²) in [6, 6.07) is 5.53. The molecular weight excluding hydrogens is 240 g/mol. The zero-order valence-electron chi connectivity index (χ0n) is 10.4. The van der Waals surface area contributed by atoms with E-state index in [0.29, 0.717) is 12.1 Å². The van der Waals surface area contributed by atoms with Gasteiger partial charge in [0.05, 0.1) is 12.2 Å². The summed E-state index contributed by atoms with van der Waals surface area (Å²) < 4.78 is 0. The Labute approximate surface area is 110 Å². The van der Waals surface area contributed by atoms with Gasteiger partial charge in [0.25, 0.3) is 5.91 Å². The molecule has 5 nitrogen and oxygen atoms in total. The molecule has 0 atom stereocenters. The summed E-state index contributed by atoms with van der Waals surface area (Å²) in [5, 5.41) is 2.61. The van der Waals surface area contributed by atoms with Gasteiger partial charge in [-0.25, -0.2) is 9.97 Å². The highest BCUT2D eigenvalue weighted by atomic mass is 16.1. The zero-order chi connectivity index (χ0) is 13.2. The first kappa shape index (κ1) is 11.5. The van der Waals surface area contributed by atoms with Gasteiger partial charge in [0.2, 0.25) is 0 Å². The number of hydrogen-bond acceptors (Lipinski definition) is 4. The van der Waals surface area contributed by atoms with E-state index < -0.39 is 0 Å². The third kappa shape index (κ3) is 1.99. The molecule has 19 heavy (non-hydrogen) atoms. The molecule has 0 radical (unpaired) electrons. The van der Waals surface area contributed by atoms with Gasteiger partial charge < -0.3 is 5.32 Å². The van der Waals surface area contributed by atoms with Gasteiger partial charge in [0, 0.05) is 41.7 Å². The number of benzene rings is 1. The average molecular weight is 252 g/mol. The van der Waals surface area contributed by atoms with E-state index in [1.807, 2.05) is 12.1 Å². The van der Waals surface area contributed by atoms with Crippen LogP contribution in [0.3, 0.4) is 0 Å². The fraction of sp³-hybridized carbons (Fsp3) is 0.143. The lowest BCUT2D eigenvalue weighted by molar-refractivity contribution is 0.0963. The van der Waals surface area contributed by atoms with Gasteiger partial charge in [-0.3, -0.25) is 9.79 Å². The molecule has 3 rings (SSSR count). The quantitative estimate of drug-likeness (QED) is 0.835. The lowest BCUT2D eigenvalue weighted by atomic mass is 10.00. The van der Waals surface area contributed by atoms with Gasteiger partial charge in [-0.2, -0.15) is 0 Å². The molecule has 1 aliphatic heterocycles. The van der Waals surface area contributed by atoms with Crippen LogP contribution in [0.25, 0.3) is 11.3 Å². The summed E-state index contributed by atoms with van der Waals surface area (Å²) in [7, 11) is 1.62. The molecule has 1 aromatic carbocycles. The van der Waals surface area contributed by atoms with E-state index in [0.717, 1.165) is 22.4 Å². The maximum atomic E-state index is 11.6. The molecule has 2 heterocycles. The number of amides is 1. The minimum absolute atomic E-state index is 0.108. The Morgan fingerprint density at radius 2 is 2.26 bits per heavy atom. The molecule has 5 heteroatoms. The maximum absolute atomic E-state index is 11.6. The van der Waals surface area contributed by atoms with Crippen LogP contribution in [0.2, 0.25) is 0 Å². The molecule has 1 aliphatic rings. The van der Waals surface area contributed by atoms with Crippen molar-refractivity contribution in [2.75, 3.05) is 7.05 Å². The molecule has 1 amide bonds. The molecule has 0 aliphatic carbocycles. The Kier molecular flexibility index (Phi) is 2.79. The largest absolute Gasteiger partial charge is 0.355 e. The van der Waals surface area contributed by atoms with Crippen LogP contribution in [0.5, 0.6) is 0 Å². The zero-order valence-corrected chi connectivity index (χ0v) is 10.4. The van der Waals surface area contributed by atoms with Crippen molar-refractivity contribution in [1.82, 2.24) is 15.3 Å². The second kappa shape index (κ2) is 4.61. The van der Waals surface area contributed by atoms with Crippen LogP contribution in [0, 0.1) is 0 Å². The molecule has 1 aromatic heterocycles. The van der Waals surface area contributed by atoms with Gasteiger partial charge in [0.1, 0.15) is 6.33 Å². The monoisotopic (exact) mass is 252 g/mol. The van der Waals surface area contributed by atoms with E-state index in [1.54, 1.807) is 25.5 Å². The maximum Gasteiger partial charge on any atom is 0.251 e. The number of aromatic nitrogens is 2. The van der Waals surface area contributed by atoms with E-state index >= 15 is 0 Å². The third-order valence-corrected chi connectivity index (χ3v) is 3.08. The van der Waals surface area contributed by atoms with Gasteiger partial charge >= 0.3 is 0 Å². The summed E-state index contributed by atoms with van der Waals surface area (Å²) in [4.78, 5) is 24.3. The van der Waals surface area contributed by atoms with Crippen molar-refractivity contribution in [2.45, 2.75) is 6.54 Å². The Hall–Kier alpha value is -2.56. The fourth-order valence-electron chi connectivity index (χ4n) is 2.13. The highest BCUT2D eigenvalue weighted by Crippen LogP contribution is 2.27. The normalized spacial score (nSPS) is 12.3. The van der Waals surface area contributed by atoms with Crippen LogP contribution in [0.4, 0.5) is 0 Å². The average Bonchev–Trinajstić information content (AvgIpc) is 2.65. The lowest BCUT2D eigenvalue weighted by Gasteiger charge is -2.08. The summed E-state index contributed by atoms with van der Waals surface area (Å²) >= 11 is 0. The minimum atomic E-state index is -0.108. The van der Waals surface area contributed by atoms with Crippen molar-refractivity contribution in [3.05, 3.63) is 47.4 Å². The van der Waals surface area contributed by atoms with Gasteiger partial charge in [-0.15, -0.1) is 0 Å². The number of hydrogen-bond donors (Lipinski definition) is 1. The van der Waals surface area contributed by atoms with Crippen molar-refractivity contribution < 1.29 is 4.79 Å². The highest BCUT2D eigenvalue weighted by molar-refractivity contribution is 5.99. The summed E-state index contributed by atoms with van der Waals surface area (Å²) in [6.07, 6.45) is 5.09. The first-order valence-electron chi connectivity index (χ1n) is 5.95. The van der Waals surface area contributed by atoms with Crippen LogP contribution >= 0.6 is 0 Å². The first-order chi connectivity index (χ1) is 9.29. The topological polar surface area (TPSA) is 67.2 Å². The predicted molar refractivity (Wildman–Crippen MR) is 72.2 cm³/mol. The van der Waals surface area contributed by atoms with Gasteiger partial charge in [-0.05, 0) is 12.1 Å². The van der Waals surface area contributed by atoms with E-state index in [2.05, 4.69) is 20.3 Å². The van der Waals surface area contributed by atoms with Gasteiger partial charge in [-0.1, -0.05) is 6.07 Å². The second-order valence-corrected chi connectivity index (χ2v) is 4.25. The molecule has 0 bridgehead atoms. The summed E-state index contributed by atoms with van der Waals surface area (Å²) in [5.41, 5.74) is 4.37. The van der Waals surface area contributed by atoms with Crippen molar-refractivity contribution in [1.29, 1.82) is 0 Å². The van der Waals surface area contributed by atoms with E-state index in [-0.39, 0.29) is 5.91 Å². The standard InChI is InChI=1S/C14H12N4O/c1-15-14(19)9-2-3-12-10(4-9)5-16-6-11-7-17-8-18-13(11)12/h2-5,7-8H,6H2,1H3,(H,15,19).